The van der Waals surface area contributed by atoms with Gasteiger partial charge in [0.05, 0.1) is 6.04 Å². The maximum atomic E-state index is 12.7. The molecule has 1 unspecified atom stereocenters. The molecule has 1 heterocycles. The van der Waals surface area contributed by atoms with Crippen LogP contribution in [0.1, 0.15) is 17.2 Å². The fourth-order valence-electron chi connectivity index (χ4n) is 1.43. The normalized spacial score (nSPS) is 11.6. The van der Waals surface area contributed by atoms with Crippen LogP contribution in [-0.2, 0) is 0 Å². The molecule has 4 heteroatoms. The molecule has 0 spiro atoms. The summed E-state index contributed by atoms with van der Waals surface area (Å²) in [5.74, 6) is -0.249. The van der Waals surface area contributed by atoms with Gasteiger partial charge >= 0.3 is 0 Å². The second kappa shape index (κ2) is 5.58. The molecule has 0 aliphatic heterocycles. The third kappa shape index (κ3) is 2.78. The summed E-state index contributed by atoms with van der Waals surface area (Å²) in [5.41, 5.74) is 7.88. The monoisotopic (exact) mass is 238 g/mol. The van der Waals surface area contributed by atoms with Crippen molar-refractivity contribution in [3.63, 3.8) is 0 Å². The van der Waals surface area contributed by atoms with Gasteiger partial charge in [0, 0.05) is 12.4 Å². The van der Waals surface area contributed by atoms with Gasteiger partial charge in [-0.1, -0.05) is 12.1 Å². The Balaban J connectivity index is 0.00000128. The van der Waals surface area contributed by atoms with E-state index in [9.17, 15) is 4.39 Å². The minimum atomic E-state index is -0.249. The Hall–Kier alpha value is -1.45. The van der Waals surface area contributed by atoms with Crippen molar-refractivity contribution >= 4 is 12.4 Å². The van der Waals surface area contributed by atoms with Crippen molar-refractivity contribution in [1.29, 1.82) is 0 Å². The summed E-state index contributed by atoms with van der Waals surface area (Å²) in [6, 6.07) is 9.70. The van der Waals surface area contributed by atoms with Crippen LogP contribution < -0.4 is 5.73 Å². The Morgan fingerprint density at radius 3 is 2.00 bits per heavy atom. The zero-order chi connectivity index (χ0) is 10.7. The summed E-state index contributed by atoms with van der Waals surface area (Å²) in [7, 11) is 0. The van der Waals surface area contributed by atoms with Crippen LogP contribution >= 0.6 is 12.4 Å². The largest absolute Gasteiger partial charge is 0.320 e. The molecule has 2 aromatic rings. The summed E-state index contributed by atoms with van der Waals surface area (Å²) >= 11 is 0. The quantitative estimate of drug-likeness (QED) is 0.874. The minimum Gasteiger partial charge on any atom is -0.320 e. The van der Waals surface area contributed by atoms with Crippen LogP contribution in [0.5, 0.6) is 0 Å². The molecule has 0 saturated carbocycles. The van der Waals surface area contributed by atoms with Crippen LogP contribution in [0.3, 0.4) is 0 Å². The molecule has 84 valence electrons. The van der Waals surface area contributed by atoms with Gasteiger partial charge in [0.1, 0.15) is 5.82 Å². The predicted octanol–water partition coefficient (Wildman–Crippen LogP) is 2.69. The number of hydrogen-bond acceptors (Lipinski definition) is 2. The van der Waals surface area contributed by atoms with Crippen LogP contribution in [-0.4, -0.2) is 4.98 Å². The molecular formula is C12H12ClFN2. The summed E-state index contributed by atoms with van der Waals surface area (Å²) in [4.78, 5) is 3.92. The third-order valence-electron chi connectivity index (χ3n) is 2.29. The average molecular weight is 239 g/mol. The van der Waals surface area contributed by atoms with Crippen molar-refractivity contribution in [2.75, 3.05) is 0 Å². The molecule has 0 amide bonds. The third-order valence-corrected chi connectivity index (χ3v) is 2.29. The van der Waals surface area contributed by atoms with E-state index < -0.39 is 0 Å². The number of benzene rings is 1. The second-order valence-electron chi connectivity index (χ2n) is 3.31. The molecule has 1 aromatic heterocycles. The van der Waals surface area contributed by atoms with Crippen LogP contribution in [0.25, 0.3) is 0 Å². The van der Waals surface area contributed by atoms with Gasteiger partial charge in [-0.15, -0.1) is 12.4 Å². The topological polar surface area (TPSA) is 38.9 Å². The molecule has 2 nitrogen and oxygen atoms in total. The summed E-state index contributed by atoms with van der Waals surface area (Å²) in [6.07, 6.45) is 3.39. The van der Waals surface area contributed by atoms with Gasteiger partial charge in [-0.2, -0.15) is 0 Å². The summed E-state index contributed by atoms with van der Waals surface area (Å²) in [6.45, 7) is 0. The van der Waals surface area contributed by atoms with Gasteiger partial charge in [-0.05, 0) is 35.4 Å². The van der Waals surface area contributed by atoms with Crippen LogP contribution in [0.15, 0.2) is 48.8 Å². The maximum Gasteiger partial charge on any atom is 0.123 e. The molecule has 0 fully saturated rings. The first-order valence-corrected chi connectivity index (χ1v) is 4.68. The van der Waals surface area contributed by atoms with Crippen LogP contribution in [0.2, 0.25) is 0 Å². The van der Waals surface area contributed by atoms with Gasteiger partial charge in [0.25, 0.3) is 0 Å². The Bertz CT molecular complexity index is 431. The lowest BCUT2D eigenvalue weighted by Gasteiger charge is -2.11. The van der Waals surface area contributed by atoms with Crippen molar-refractivity contribution in [3.05, 3.63) is 65.7 Å². The van der Waals surface area contributed by atoms with Crippen molar-refractivity contribution in [2.45, 2.75) is 6.04 Å². The smallest absolute Gasteiger partial charge is 0.123 e. The molecular weight excluding hydrogens is 227 g/mol. The Labute approximate surface area is 99.7 Å². The first-order chi connectivity index (χ1) is 7.27. The number of nitrogens with two attached hydrogens (primary N) is 1. The van der Waals surface area contributed by atoms with Gasteiger partial charge < -0.3 is 5.73 Å². The van der Waals surface area contributed by atoms with E-state index in [1.807, 2.05) is 12.1 Å². The fraction of sp³-hybridized carbons (Fsp3) is 0.0833. The molecule has 0 aliphatic rings. The zero-order valence-electron chi connectivity index (χ0n) is 8.51. The lowest BCUT2D eigenvalue weighted by Crippen LogP contribution is -2.11. The Kier molecular flexibility index (Phi) is 4.40. The van der Waals surface area contributed by atoms with E-state index in [1.54, 1.807) is 24.5 Å². The van der Waals surface area contributed by atoms with Gasteiger partial charge in [0.2, 0.25) is 0 Å². The number of aromatic nitrogens is 1. The molecule has 0 saturated heterocycles. The van der Waals surface area contributed by atoms with Crippen LogP contribution in [0, 0.1) is 5.82 Å². The van der Waals surface area contributed by atoms with E-state index in [0.717, 1.165) is 11.1 Å². The predicted molar refractivity (Wildman–Crippen MR) is 63.9 cm³/mol. The van der Waals surface area contributed by atoms with Crippen molar-refractivity contribution in [1.82, 2.24) is 4.98 Å². The highest BCUT2D eigenvalue weighted by Gasteiger charge is 2.07. The number of halogens is 2. The highest BCUT2D eigenvalue weighted by molar-refractivity contribution is 5.85. The minimum absolute atomic E-state index is 0. The molecule has 2 N–H and O–H groups in total. The van der Waals surface area contributed by atoms with Crippen molar-refractivity contribution < 1.29 is 4.39 Å². The van der Waals surface area contributed by atoms with E-state index in [2.05, 4.69) is 4.98 Å². The molecule has 0 radical (unpaired) electrons. The van der Waals surface area contributed by atoms with Gasteiger partial charge in [0.15, 0.2) is 0 Å². The molecule has 0 bridgehead atoms. The van der Waals surface area contributed by atoms with Crippen molar-refractivity contribution in [2.24, 2.45) is 5.73 Å². The molecule has 2 rings (SSSR count). The highest BCUT2D eigenvalue weighted by Crippen LogP contribution is 2.18. The highest BCUT2D eigenvalue weighted by atomic mass is 35.5. The number of hydrogen-bond donors (Lipinski definition) is 1. The summed E-state index contributed by atoms with van der Waals surface area (Å²) in [5, 5.41) is 0. The first-order valence-electron chi connectivity index (χ1n) is 4.68. The summed E-state index contributed by atoms with van der Waals surface area (Å²) < 4.78 is 12.7. The van der Waals surface area contributed by atoms with Crippen LogP contribution in [0.4, 0.5) is 4.39 Å². The number of nitrogens with zero attached hydrogens (tertiary/aromatic N) is 1. The van der Waals surface area contributed by atoms with E-state index in [1.165, 1.54) is 12.1 Å². The van der Waals surface area contributed by atoms with Gasteiger partial charge in [-0.3, -0.25) is 4.98 Å². The lowest BCUT2D eigenvalue weighted by molar-refractivity contribution is 0.626. The van der Waals surface area contributed by atoms with E-state index in [-0.39, 0.29) is 24.3 Å². The van der Waals surface area contributed by atoms with Crippen molar-refractivity contribution in [3.8, 4) is 0 Å². The molecule has 0 aliphatic carbocycles. The average Bonchev–Trinajstić information content (AvgIpc) is 2.30. The van der Waals surface area contributed by atoms with E-state index in [0.29, 0.717) is 0 Å². The molecule has 1 aromatic carbocycles. The Morgan fingerprint density at radius 2 is 1.44 bits per heavy atom. The number of pyridine rings is 1. The second-order valence-corrected chi connectivity index (χ2v) is 3.31. The maximum absolute atomic E-state index is 12.7. The Morgan fingerprint density at radius 1 is 0.938 bits per heavy atom. The van der Waals surface area contributed by atoms with Gasteiger partial charge in [-0.25, -0.2) is 4.39 Å². The fourth-order valence-corrected chi connectivity index (χ4v) is 1.43. The first kappa shape index (κ1) is 12.6. The van der Waals surface area contributed by atoms with E-state index >= 15 is 0 Å². The zero-order valence-corrected chi connectivity index (χ0v) is 9.32. The number of rotatable bonds is 2. The van der Waals surface area contributed by atoms with E-state index in [4.69, 9.17) is 5.73 Å². The molecule has 16 heavy (non-hydrogen) atoms. The SMILES string of the molecule is Cl.NC(c1ccncc1)c1ccc(F)cc1. The standard InChI is InChI=1S/C12H11FN2.ClH/c13-11-3-1-9(2-4-11)12(14)10-5-7-15-8-6-10;/h1-8,12H,14H2;1H. The lowest BCUT2D eigenvalue weighted by atomic mass is 10.0. The molecule has 1 atom stereocenters.